The van der Waals surface area contributed by atoms with Crippen molar-refractivity contribution in [2.24, 2.45) is 52.3 Å². The lowest BCUT2D eigenvalue weighted by Gasteiger charge is -2.58. The van der Waals surface area contributed by atoms with Gasteiger partial charge in [0, 0.05) is 11.8 Å². The molecule has 10 heteroatoms. The van der Waals surface area contributed by atoms with Crippen molar-refractivity contribution < 1.29 is 30.0 Å². The van der Waals surface area contributed by atoms with Crippen molar-refractivity contribution in [3.05, 3.63) is 0 Å². The lowest BCUT2D eigenvalue weighted by atomic mass is 9.56. The van der Waals surface area contributed by atoms with Gasteiger partial charge in [0.1, 0.15) is 5.78 Å². The molecule has 10 aliphatic rings. The third kappa shape index (κ3) is 3.48. The van der Waals surface area contributed by atoms with Crippen LogP contribution < -0.4 is 0 Å². The summed E-state index contributed by atoms with van der Waals surface area (Å²) in [6.45, 7) is 3.86. The molecule has 230 valence electrons. The van der Waals surface area contributed by atoms with Gasteiger partial charge in [-0.25, -0.2) is 25.3 Å². The van der Waals surface area contributed by atoms with E-state index in [2.05, 4.69) is 0 Å². The summed E-state index contributed by atoms with van der Waals surface area (Å²) in [5.74, 6) is 0.653. The molecular formula is C31H46O7S3. The molecule has 0 aliphatic heterocycles. The van der Waals surface area contributed by atoms with Gasteiger partial charge < -0.3 is 0 Å². The number of Topliss-reactive ketones (excluding diaryl/α,β-unsaturated/α-hetero) is 1. The molecule has 10 aliphatic carbocycles. The lowest BCUT2D eigenvalue weighted by Crippen LogP contribution is -2.64. The normalized spacial score (nSPS) is 50.1. The van der Waals surface area contributed by atoms with Crippen molar-refractivity contribution in [2.45, 2.75) is 124 Å². The van der Waals surface area contributed by atoms with Crippen LogP contribution in [0.25, 0.3) is 0 Å². The molecule has 2 unspecified atom stereocenters. The zero-order valence-electron chi connectivity index (χ0n) is 24.5. The molecule has 41 heavy (non-hydrogen) atoms. The summed E-state index contributed by atoms with van der Waals surface area (Å²) in [7, 11) is -14.0. The number of ketones is 1. The zero-order valence-corrected chi connectivity index (χ0v) is 27.0. The Morgan fingerprint density at radius 3 is 1.32 bits per heavy atom. The minimum atomic E-state index is -4.75. The zero-order chi connectivity index (χ0) is 29.0. The van der Waals surface area contributed by atoms with E-state index in [1.165, 1.54) is 0 Å². The van der Waals surface area contributed by atoms with Crippen LogP contribution in [0.15, 0.2) is 0 Å². The van der Waals surface area contributed by atoms with Crippen molar-refractivity contribution in [2.75, 3.05) is 5.75 Å². The number of fused-ring (bicyclic) bond motifs is 2. The number of sulfone groups is 3. The minimum Gasteiger partial charge on any atom is -0.299 e. The summed E-state index contributed by atoms with van der Waals surface area (Å²) >= 11 is 0. The van der Waals surface area contributed by atoms with Crippen molar-refractivity contribution in [1.82, 2.24) is 0 Å². The summed E-state index contributed by atoms with van der Waals surface area (Å²) in [6.07, 6.45) is 9.60. The van der Waals surface area contributed by atoms with E-state index in [0.29, 0.717) is 51.4 Å². The highest BCUT2D eigenvalue weighted by molar-refractivity contribution is 8.25. The summed E-state index contributed by atoms with van der Waals surface area (Å²) in [5, 5.41) is 0. The van der Waals surface area contributed by atoms with Crippen molar-refractivity contribution in [1.29, 1.82) is 0 Å². The molecule has 2 atom stereocenters. The SMILES string of the molecule is CC1(C)C2CCC1(CS(=O)(=O)C(S(=O)(=O)C13CC4CC(CC(C4)C1)C3)S(=O)(=O)C13CC4CC(CC(C4)C1)C3)C(=O)C2. The summed E-state index contributed by atoms with van der Waals surface area (Å²) in [5.41, 5.74) is -1.81. The van der Waals surface area contributed by atoms with Crippen molar-refractivity contribution in [3.63, 3.8) is 0 Å². The Morgan fingerprint density at radius 2 is 1.02 bits per heavy atom. The van der Waals surface area contributed by atoms with Crippen LogP contribution in [0.2, 0.25) is 0 Å². The molecule has 0 aromatic carbocycles. The Bertz CT molecular complexity index is 1380. The number of carbonyl (C=O) groups excluding carboxylic acids is 1. The molecule has 0 saturated heterocycles. The summed E-state index contributed by atoms with van der Waals surface area (Å²) in [6, 6.07) is 0. The topological polar surface area (TPSA) is 119 Å². The van der Waals surface area contributed by atoms with Gasteiger partial charge in [0.2, 0.25) is 0 Å². The Balaban J connectivity index is 1.28. The van der Waals surface area contributed by atoms with Gasteiger partial charge in [-0.3, -0.25) is 4.79 Å². The van der Waals surface area contributed by atoms with E-state index in [0.717, 1.165) is 44.9 Å². The van der Waals surface area contributed by atoms with Crippen LogP contribution in [-0.2, 0) is 34.3 Å². The molecule has 0 radical (unpaired) electrons. The Kier molecular flexibility index (Phi) is 5.61. The molecule has 10 fully saturated rings. The molecule has 0 aromatic rings. The third-order valence-electron chi connectivity index (χ3n) is 14.6. The molecule has 0 N–H and O–H groups in total. The number of carbonyl (C=O) groups is 1. The van der Waals surface area contributed by atoms with Crippen LogP contribution in [0.3, 0.4) is 0 Å². The summed E-state index contributed by atoms with van der Waals surface area (Å²) < 4.78 is 85.3. The maximum atomic E-state index is 15.1. The van der Waals surface area contributed by atoms with Gasteiger partial charge in [-0.05, 0) is 137 Å². The predicted molar refractivity (Wildman–Crippen MR) is 156 cm³/mol. The van der Waals surface area contributed by atoms with Crippen LogP contribution in [-0.4, -0.2) is 50.2 Å². The number of hydrogen-bond donors (Lipinski definition) is 0. The van der Waals surface area contributed by atoms with Gasteiger partial charge in [-0.1, -0.05) is 13.8 Å². The fourth-order valence-electron chi connectivity index (χ4n) is 13.2. The van der Waals surface area contributed by atoms with E-state index in [1.54, 1.807) is 0 Å². The standard InChI is InChI=1S/C31H46O7S3/c1-28(2)25-3-4-31(28,26(32)11-25)18-39(33,34)27(40(35,36)29-12-19-5-20(13-29)7-21(6-19)14-29)41(37,38)30-15-22-8-23(16-30)10-24(9-22)17-30/h19-25,27H,3-18H2,1-2H3. The Hall–Kier alpha value is -0.480. The van der Waals surface area contributed by atoms with Gasteiger partial charge in [0.25, 0.3) is 3.91 Å². The maximum absolute atomic E-state index is 15.1. The first-order valence-electron chi connectivity index (χ1n) is 16.2. The monoisotopic (exact) mass is 626 g/mol. The lowest BCUT2D eigenvalue weighted by molar-refractivity contribution is -0.128. The molecule has 10 rings (SSSR count). The summed E-state index contributed by atoms with van der Waals surface area (Å²) in [4.78, 5) is 13.5. The fraction of sp³-hybridized carbons (Fsp3) is 0.968. The number of rotatable bonds is 7. The van der Waals surface area contributed by atoms with Gasteiger partial charge in [-0.15, -0.1) is 0 Å². The number of hydrogen-bond acceptors (Lipinski definition) is 7. The molecule has 7 nitrogen and oxygen atoms in total. The van der Waals surface area contributed by atoms with Crippen LogP contribution in [0, 0.1) is 52.3 Å². The highest BCUT2D eigenvalue weighted by Crippen LogP contribution is 2.66. The largest absolute Gasteiger partial charge is 0.299 e. The third-order valence-corrected chi connectivity index (χ3v) is 25.3. The van der Waals surface area contributed by atoms with Crippen molar-refractivity contribution in [3.8, 4) is 0 Å². The average Bonchev–Trinajstić information content (AvgIpc) is 3.16. The molecule has 0 spiro atoms. The predicted octanol–water partition coefficient (Wildman–Crippen LogP) is 4.85. The maximum Gasteiger partial charge on any atom is 0.263 e. The average molecular weight is 627 g/mol. The van der Waals surface area contributed by atoms with Crippen LogP contribution >= 0.6 is 0 Å². The van der Waals surface area contributed by atoms with Gasteiger partial charge >= 0.3 is 0 Å². The highest BCUT2D eigenvalue weighted by atomic mass is 32.3. The van der Waals surface area contributed by atoms with E-state index < -0.39 is 59.5 Å². The van der Waals surface area contributed by atoms with Gasteiger partial charge in [0.05, 0.1) is 15.2 Å². The first-order valence-corrected chi connectivity index (χ1v) is 21.1. The quantitative estimate of drug-likeness (QED) is 0.396. The molecule has 10 saturated carbocycles. The molecular weight excluding hydrogens is 581 g/mol. The van der Waals surface area contributed by atoms with Gasteiger partial charge in [-0.2, -0.15) is 0 Å². The van der Waals surface area contributed by atoms with Crippen LogP contribution in [0.5, 0.6) is 0 Å². The van der Waals surface area contributed by atoms with E-state index in [-0.39, 0.29) is 47.2 Å². The second-order valence-corrected chi connectivity index (χ2v) is 24.9. The Labute approximate surface area is 246 Å². The first-order chi connectivity index (χ1) is 19.0. The van der Waals surface area contributed by atoms with Crippen molar-refractivity contribution >= 4 is 35.3 Å². The molecule has 10 bridgehead atoms. The fourth-order valence-corrected chi connectivity index (χ4v) is 25.6. The molecule has 0 amide bonds. The highest BCUT2D eigenvalue weighted by Gasteiger charge is 2.72. The van der Waals surface area contributed by atoms with E-state index in [4.69, 9.17) is 0 Å². The van der Waals surface area contributed by atoms with Gasteiger partial charge in [0.15, 0.2) is 29.5 Å². The van der Waals surface area contributed by atoms with E-state index in [9.17, 15) is 13.2 Å². The molecule has 0 aromatic heterocycles. The first kappa shape index (κ1) is 28.0. The van der Waals surface area contributed by atoms with E-state index in [1.807, 2.05) is 13.8 Å². The minimum absolute atomic E-state index is 0.0585. The van der Waals surface area contributed by atoms with E-state index >= 15 is 16.8 Å². The Morgan fingerprint density at radius 1 is 0.659 bits per heavy atom. The smallest absolute Gasteiger partial charge is 0.263 e. The van der Waals surface area contributed by atoms with Crippen LogP contribution in [0.4, 0.5) is 0 Å². The molecule has 0 heterocycles. The van der Waals surface area contributed by atoms with Crippen LogP contribution in [0.1, 0.15) is 110 Å². The second-order valence-electron chi connectivity index (χ2n) is 17.1. The second kappa shape index (κ2) is 8.21.